The molecular formula is C22H17ClN4. The highest BCUT2D eigenvalue weighted by atomic mass is 35.5. The molecule has 0 unspecified atom stereocenters. The molecule has 4 rings (SSSR count). The summed E-state index contributed by atoms with van der Waals surface area (Å²) in [6.07, 6.45) is 0. The van der Waals surface area contributed by atoms with Crippen molar-refractivity contribution in [3.8, 4) is 33.9 Å². The molecule has 2 heterocycles. The third-order valence-corrected chi connectivity index (χ3v) is 4.49. The number of hydrogen-bond donors (Lipinski definition) is 0. The van der Waals surface area contributed by atoms with Crippen molar-refractivity contribution >= 4 is 11.6 Å². The molecule has 5 heteroatoms. The Balaban J connectivity index is 1.71. The fourth-order valence-corrected chi connectivity index (χ4v) is 3.15. The molecular weight excluding hydrogens is 356 g/mol. The highest BCUT2D eigenvalue weighted by Gasteiger charge is 2.10. The molecule has 0 bridgehead atoms. The zero-order valence-corrected chi connectivity index (χ0v) is 15.8. The van der Waals surface area contributed by atoms with Gasteiger partial charge in [-0.15, -0.1) is 0 Å². The zero-order valence-electron chi connectivity index (χ0n) is 15.0. The van der Waals surface area contributed by atoms with Crippen molar-refractivity contribution in [2.45, 2.75) is 13.8 Å². The van der Waals surface area contributed by atoms with Crippen molar-refractivity contribution in [3.05, 3.63) is 83.4 Å². The first-order valence-electron chi connectivity index (χ1n) is 8.62. The first-order valence-corrected chi connectivity index (χ1v) is 9.00. The van der Waals surface area contributed by atoms with Crippen molar-refractivity contribution in [1.82, 2.24) is 19.9 Å². The third-order valence-electron chi connectivity index (χ3n) is 4.32. The van der Waals surface area contributed by atoms with Crippen LogP contribution >= 0.6 is 11.6 Å². The monoisotopic (exact) mass is 372 g/mol. The summed E-state index contributed by atoms with van der Waals surface area (Å²) in [5.74, 6) is 1.12. The van der Waals surface area contributed by atoms with Gasteiger partial charge < -0.3 is 0 Å². The maximum atomic E-state index is 6.14. The first-order chi connectivity index (χ1) is 13.1. The molecule has 0 aliphatic rings. The van der Waals surface area contributed by atoms with E-state index in [1.54, 1.807) is 0 Å². The van der Waals surface area contributed by atoms with Gasteiger partial charge in [0.25, 0.3) is 0 Å². The van der Waals surface area contributed by atoms with Crippen LogP contribution in [0.2, 0.25) is 5.28 Å². The second-order valence-corrected chi connectivity index (χ2v) is 6.62. The molecule has 0 fully saturated rings. The second kappa shape index (κ2) is 7.25. The summed E-state index contributed by atoms with van der Waals surface area (Å²) in [7, 11) is 0. The van der Waals surface area contributed by atoms with Crippen LogP contribution in [0.5, 0.6) is 0 Å². The summed E-state index contributed by atoms with van der Waals surface area (Å²) in [5.41, 5.74) is 6.04. The lowest BCUT2D eigenvalue weighted by molar-refractivity contribution is 1.07. The minimum atomic E-state index is 0.182. The van der Waals surface area contributed by atoms with Gasteiger partial charge >= 0.3 is 0 Å². The lowest BCUT2D eigenvalue weighted by Crippen LogP contribution is -1.97. The van der Waals surface area contributed by atoms with Gasteiger partial charge in [-0.25, -0.2) is 4.98 Å². The number of nitrogens with zero attached hydrogens (tertiary/aromatic N) is 4. The Morgan fingerprint density at radius 3 is 1.81 bits per heavy atom. The van der Waals surface area contributed by atoms with Crippen molar-refractivity contribution in [1.29, 1.82) is 0 Å². The van der Waals surface area contributed by atoms with Crippen molar-refractivity contribution < 1.29 is 0 Å². The Bertz CT molecular complexity index is 1090. The molecule has 0 saturated carbocycles. The standard InChI is InChI=1S/C22H17ClN4/c1-14-8-13-19(15(2)24-14)16-9-11-18(12-10-16)21-25-20(26-22(23)27-21)17-6-4-3-5-7-17/h3-13H,1-2H3. The third kappa shape index (κ3) is 3.71. The number of rotatable bonds is 3. The van der Waals surface area contributed by atoms with Crippen LogP contribution in [0.1, 0.15) is 11.4 Å². The van der Waals surface area contributed by atoms with Gasteiger partial charge in [-0.2, -0.15) is 9.97 Å². The largest absolute Gasteiger partial charge is 0.258 e. The van der Waals surface area contributed by atoms with E-state index in [4.69, 9.17) is 11.6 Å². The Morgan fingerprint density at radius 1 is 0.593 bits per heavy atom. The van der Waals surface area contributed by atoms with Gasteiger partial charge in [0.05, 0.1) is 0 Å². The fourth-order valence-electron chi connectivity index (χ4n) is 2.99. The van der Waals surface area contributed by atoms with Gasteiger partial charge in [0, 0.05) is 28.1 Å². The summed E-state index contributed by atoms with van der Waals surface area (Å²) in [6.45, 7) is 4.02. The quantitative estimate of drug-likeness (QED) is 0.474. The van der Waals surface area contributed by atoms with Crippen LogP contribution in [0.4, 0.5) is 0 Å². The molecule has 0 spiro atoms. The molecule has 0 aliphatic carbocycles. The summed E-state index contributed by atoms with van der Waals surface area (Å²) in [4.78, 5) is 17.7. The van der Waals surface area contributed by atoms with E-state index >= 15 is 0 Å². The van der Waals surface area contributed by atoms with E-state index in [1.807, 2.05) is 62.4 Å². The maximum absolute atomic E-state index is 6.14. The van der Waals surface area contributed by atoms with E-state index in [2.05, 4.69) is 38.1 Å². The topological polar surface area (TPSA) is 51.6 Å². The van der Waals surface area contributed by atoms with Gasteiger partial charge in [-0.3, -0.25) is 4.98 Å². The summed E-state index contributed by atoms with van der Waals surface area (Å²) >= 11 is 6.14. The van der Waals surface area contributed by atoms with Gasteiger partial charge in [-0.05, 0) is 37.1 Å². The van der Waals surface area contributed by atoms with Crippen molar-refractivity contribution in [2.24, 2.45) is 0 Å². The average molecular weight is 373 g/mol. The van der Waals surface area contributed by atoms with Gasteiger partial charge in [-0.1, -0.05) is 60.7 Å². The smallest absolute Gasteiger partial charge is 0.226 e. The van der Waals surface area contributed by atoms with Crippen LogP contribution in [0.15, 0.2) is 66.7 Å². The highest BCUT2D eigenvalue weighted by molar-refractivity contribution is 6.28. The molecule has 0 saturated heterocycles. The SMILES string of the molecule is Cc1ccc(-c2ccc(-c3nc(Cl)nc(-c4ccccc4)n3)cc2)c(C)n1. The predicted molar refractivity (Wildman–Crippen MR) is 108 cm³/mol. The van der Waals surface area contributed by atoms with Crippen LogP contribution in [-0.4, -0.2) is 19.9 Å². The molecule has 132 valence electrons. The summed E-state index contributed by atoms with van der Waals surface area (Å²) < 4.78 is 0. The van der Waals surface area contributed by atoms with E-state index in [0.29, 0.717) is 11.6 Å². The Morgan fingerprint density at radius 2 is 1.19 bits per heavy atom. The molecule has 2 aromatic carbocycles. The van der Waals surface area contributed by atoms with E-state index in [0.717, 1.165) is 33.6 Å². The fraction of sp³-hybridized carbons (Fsp3) is 0.0909. The molecule has 27 heavy (non-hydrogen) atoms. The van der Waals surface area contributed by atoms with Crippen molar-refractivity contribution in [2.75, 3.05) is 0 Å². The molecule has 0 aliphatic heterocycles. The molecule has 4 aromatic rings. The molecule has 2 aromatic heterocycles. The minimum Gasteiger partial charge on any atom is -0.258 e. The highest BCUT2D eigenvalue weighted by Crippen LogP contribution is 2.26. The van der Waals surface area contributed by atoms with E-state index in [1.165, 1.54) is 0 Å². The van der Waals surface area contributed by atoms with Gasteiger partial charge in [0.1, 0.15) is 0 Å². The maximum Gasteiger partial charge on any atom is 0.226 e. The van der Waals surface area contributed by atoms with Gasteiger partial charge in [0.2, 0.25) is 5.28 Å². The summed E-state index contributed by atoms with van der Waals surface area (Å²) in [6, 6.07) is 21.9. The summed E-state index contributed by atoms with van der Waals surface area (Å²) in [5, 5.41) is 0.182. The Labute approximate surface area is 163 Å². The normalized spacial score (nSPS) is 10.8. The van der Waals surface area contributed by atoms with Crippen LogP contribution < -0.4 is 0 Å². The molecule has 0 radical (unpaired) electrons. The molecule has 0 atom stereocenters. The van der Waals surface area contributed by atoms with E-state index < -0.39 is 0 Å². The number of aryl methyl sites for hydroxylation is 2. The number of halogens is 1. The lowest BCUT2D eigenvalue weighted by atomic mass is 10.0. The number of hydrogen-bond acceptors (Lipinski definition) is 4. The number of aromatic nitrogens is 4. The second-order valence-electron chi connectivity index (χ2n) is 6.28. The Kier molecular flexibility index (Phi) is 4.65. The average Bonchev–Trinajstić information content (AvgIpc) is 2.68. The van der Waals surface area contributed by atoms with E-state index in [9.17, 15) is 0 Å². The van der Waals surface area contributed by atoms with Crippen LogP contribution in [0.25, 0.3) is 33.9 Å². The van der Waals surface area contributed by atoms with Crippen LogP contribution in [0.3, 0.4) is 0 Å². The first kappa shape index (κ1) is 17.3. The van der Waals surface area contributed by atoms with Crippen LogP contribution in [-0.2, 0) is 0 Å². The molecule has 0 amide bonds. The van der Waals surface area contributed by atoms with Crippen molar-refractivity contribution in [3.63, 3.8) is 0 Å². The minimum absolute atomic E-state index is 0.182. The molecule has 0 N–H and O–H groups in total. The van der Waals surface area contributed by atoms with Crippen LogP contribution in [0, 0.1) is 13.8 Å². The Hall–Kier alpha value is -3.11. The zero-order chi connectivity index (χ0) is 18.8. The lowest BCUT2D eigenvalue weighted by Gasteiger charge is -2.08. The number of pyridine rings is 1. The van der Waals surface area contributed by atoms with E-state index in [-0.39, 0.29) is 5.28 Å². The molecule has 4 nitrogen and oxygen atoms in total. The van der Waals surface area contributed by atoms with Gasteiger partial charge in [0.15, 0.2) is 11.6 Å². The number of benzene rings is 2. The predicted octanol–water partition coefficient (Wildman–Crippen LogP) is 5.54.